The van der Waals surface area contributed by atoms with Crippen LogP contribution in [0.4, 0.5) is 13.2 Å². The van der Waals surface area contributed by atoms with Gasteiger partial charge in [0.15, 0.2) is 5.82 Å². The lowest BCUT2D eigenvalue weighted by Crippen LogP contribution is -2.49. The molecule has 2 fully saturated rings. The summed E-state index contributed by atoms with van der Waals surface area (Å²) in [6.45, 7) is 3.27. The summed E-state index contributed by atoms with van der Waals surface area (Å²) in [4.78, 5) is 16.2. The number of carbonyl (C=O) groups excluding carboxylic acids is 1. The van der Waals surface area contributed by atoms with Crippen molar-refractivity contribution in [1.29, 1.82) is 0 Å². The van der Waals surface area contributed by atoms with Gasteiger partial charge in [0.05, 0.1) is 17.8 Å². The van der Waals surface area contributed by atoms with Crippen LogP contribution in [0.3, 0.4) is 0 Å². The third kappa shape index (κ3) is 3.95. The molecular weight excluding hydrogens is 361 g/mol. The topological polar surface area (TPSA) is 67.2 Å². The van der Waals surface area contributed by atoms with Gasteiger partial charge in [-0.15, -0.1) is 5.10 Å². The highest BCUT2D eigenvalue weighted by molar-refractivity contribution is 5.81. The smallest absolute Gasteiger partial charge is 0.340 e. The van der Waals surface area contributed by atoms with E-state index in [0.717, 1.165) is 38.1 Å². The summed E-state index contributed by atoms with van der Waals surface area (Å²) in [7, 11) is 0. The van der Waals surface area contributed by atoms with Crippen molar-refractivity contribution in [3.05, 3.63) is 35.7 Å². The maximum atomic E-state index is 12.7. The Bertz CT molecular complexity index is 807. The highest BCUT2D eigenvalue weighted by Crippen LogP contribution is 2.31. The van der Waals surface area contributed by atoms with Gasteiger partial charge in [0.25, 0.3) is 0 Å². The summed E-state index contributed by atoms with van der Waals surface area (Å²) < 4.78 is 39.6. The lowest BCUT2D eigenvalue weighted by Gasteiger charge is -2.34. The van der Waals surface area contributed by atoms with Crippen molar-refractivity contribution in [3.63, 3.8) is 0 Å². The van der Waals surface area contributed by atoms with E-state index >= 15 is 0 Å². The van der Waals surface area contributed by atoms with Gasteiger partial charge in [0, 0.05) is 32.1 Å². The maximum Gasteiger partial charge on any atom is 0.416 e. The van der Waals surface area contributed by atoms with Gasteiger partial charge in [-0.05, 0) is 47.5 Å². The molecule has 0 bridgehead atoms. The zero-order chi connectivity index (χ0) is 19.0. The van der Waals surface area contributed by atoms with E-state index < -0.39 is 11.7 Å². The quantitative estimate of drug-likeness (QED) is 0.808. The summed E-state index contributed by atoms with van der Waals surface area (Å²) in [5.41, 5.74) is -0.233. The molecule has 0 unspecified atom stereocenters. The molecule has 0 radical (unpaired) electrons. The molecule has 1 aromatic carbocycles. The van der Waals surface area contributed by atoms with Gasteiger partial charge in [-0.25, -0.2) is 0 Å². The first-order valence-corrected chi connectivity index (χ1v) is 8.88. The molecule has 27 heavy (non-hydrogen) atoms. The first-order chi connectivity index (χ1) is 12.9. The number of piperazine rings is 1. The number of halogens is 3. The van der Waals surface area contributed by atoms with Gasteiger partial charge in [-0.3, -0.25) is 9.69 Å². The Morgan fingerprint density at radius 2 is 1.74 bits per heavy atom. The molecular formula is C17H19F3N6O. The molecule has 1 saturated carbocycles. The van der Waals surface area contributed by atoms with Crippen LogP contribution in [0.5, 0.6) is 0 Å². The minimum Gasteiger partial charge on any atom is -0.340 e. The molecule has 0 atom stereocenters. The molecule has 2 heterocycles. The van der Waals surface area contributed by atoms with Gasteiger partial charge >= 0.3 is 6.18 Å². The van der Waals surface area contributed by atoms with Crippen LogP contribution < -0.4 is 0 Å². The predicted octanol–water partition coefficient (Wildman–Crippen LogP) is 1.74. The third-order valence-electron chi connectivity index (χ3n) is 4.95. The monoisotopic (exact) mass is 380 g/mol. The Labute approximate surface area is 153 Å². The Balaban J connectivity index is 1.40. The van der Waals surface area contributed by atoms with Crippen LogP contribution in [0.2, 0.25) is 0 Å². The Hall–Kier alpha value is -2.49. The molecule has 1 saturated heterocycles. The van der Waals surface area contributed by atoms with Crippen molar-refractivity contribution >= 4 is 5.91 Å². The van der Waals surface area contributed by atoms with Crippen molar-refractivity contribution in [2.75, 3.05) is 26.2 Å². The van der Waals surface area contributed by atoms with Crippen molar-refractivity contribution in [3.8, 4) is 5.69 Å². The fourth-order valence-corrected chi connectivity index (χ4v) is 3.21. The number of tetrazole rings is 1. The highest BCUT2D eigenvalue weighted by Gasteiger charge is 2.34. The van der Waals surface area contributed by atoms with Gasteiger partial charge in [0.1, 0.15) is 0 Å². The highest BCUT2D eigenvalue weighted by atomic mass is 19.4. The van der Waals surface area contributed by atoms with E-state index in [1.54, 1.807) is 0 Å². The zero-order valence-electron chi connectivity index (χ0n) is 14.6. The summed E-state index contributed by atoms with van der Waals surface area (Å²) in [6.07, 6.45) is -2.37. The number of hydrogen-bond donors (Lipinski definition) is 0. The molecule has 4 rings (SSSR count). The maximum absolute atomic E-state index is 12.7. The Morgan fingerprint density at radius 3 is 2.33 bits per heavy atom. The number of alkyl halides is 3. The summed E-state index contributed by atoms with van der Waals surface area (Å²) in [6, 6.07) is 4.75. The van der Waals surface area contributed by atoms with Gasteiger partial charge in [0.2, 0.25) is 5.91 Å². The number of carbonyl (C=O) groups is 1. The van der Waals surface area contributed by atoms with Crippen LogP contribution in [0, 0.1) is 5.92 Å². The minimum absolute atomic E-state index is 0.225. The average molecular weight is 380 g/mol. The van der Waals surface area contributed by atoms with E-state index in [4.69, 9.17) is 0 Å². The Kier molecular flexibility index (Phi) is 4.58. The molecule has 1 aliphatic heterocycles. The third-order valence-corrected chi connectivity index (χ3v) is 4.95. The number of hydrogen-bond acceptors (Lipinski definition) is 5. The summed E-state index contributed by atoms with van der Waals surface area (Å²) in [5, 5.41) is 11.6. The number of amides is 1. The van der Waals surface area contributed by atoms with Crippen molar-refractivity contribution in [1.82, 2.24) is 30.0 Å². The molecule has 2 aliphatic rings. The molecule has 7 nitrogen and oxygen atoms in total. The molecule has 1 aliphatic carbocycles. The van der Waals surface area contributed by atoms with Gasteiger partial charge in [-0.1, -0.05) is 0 Å². The van der Waals surface area contributed by atoms with Crippen molar-refractivity contribution in [2.45, 2.75) is 25.6 Å². The van der Waals surface area contributed by atoms with E-state index in [9.17, 15) is 18.0 Å². The van der Waals surface area contributed by atoms with Crippen LogP contribution in [0.25, 0.3) is 5.69 Å². The van der Waals surface area contributed by atoms with Crippen LogP contribution in [-0.2, 0) is 17.5 Å². The van der Waals surface area contributed by atoms with E-state index in [2.05, 4.69) is 20.4 Å². The van der Waals surface area contributed by atoms with Crippen LogP contribution in [0.1, 0.15) is 24.2 Å². The van der Waals surface area contributed by atoms with E-state index in [-0.39, 0.29) is 11.8 Å². The van der Waals surface area contributed by atoms with E-state index in [1.807, 2.05) is 4.90 Å². The Morgan fingerprint density at radius 1 is 1.07 bits per heavy atom. The second-order valence-electron chi connectivity index (χ2n) is 6.93. The number of aromatic nitrogens is 4. The van der Waals surface area contributed by atoms with Crippen LogP contribution in [0.15, 0.2) is 24.3 Å². The first-order valence-electron chi connectivity index (χ1n) is 8.88. The first kappa shape index (κ1) is 17.9. The van der Waals surface area contributed by atoms with Crippen molar-refractivity contribution in [2.24, 2.45) is 5.92 Å². The fraction of sp³-hybridized carbons (Fsp3) is 0.529. The predicted molar refractivity (Wildman–Crippen MR) is 88.7 cm³/mol. The molecule has 0 spiro atoms. The second-order valence-corrected chi connectivity index (χ2v) is 6.93. The minimum atomic E-state index is -4.38. The number of rotatable bonds is 4. The average Bonchev–Trinajstić information content (AvgIpc) is 3.41. The molecule has 0 N–H and O–H groups in total. The summed E-state index contributed by atoms with van der Waals surface area (Å²) in [5.74, 6) is 1.03. The standard InChI is InChI=1S/C17H19F3N6O/c18-17(19,20)13-3-5-14(6-4-13)26-15(21-22-23-26)11-24-7-9-25(10-8-24)16(27)12-1-2-12/h3-6,12H,1-2,7-11H2. The van der Waals surface area contributed by atoms with Crippen LogP contribution in [-0.4, -0.2) is 62.1 Å². The summed E-state index contributed by atoms with van der Waals surface area (Å²) >= 11 is 0. The molecule has 2 aromatic rings. The largest absolute Gasteiger partial charge is 0.416 e. The molecule has 10 heteroatoms. The second kappa shape index (κ2) is 6.91. The molecule has 1 aromatic heterocycles. The zero-order valence-corrected chi connectivity index (χ0v) is 14.6. The van der Waals surface area contributed by atoms with Crippen LogP contribution >= 0.6 is 0 Å². The van der Waals surface area contributed by atoms with E-state index in [0.29, 0.717) is 31.1 Å². The normalized spacial score (nSPS) is 18.7. The van der Waals surface area contributed by atoms with Gasteiger partial charge < -0.3 is 4.90 Å². The lowest BCUT2D eigenvalue weighted by atomic mass is 10.2. The van der Waals surface area contributed by atoms with Crippen molar-refractivity contribution < 1.29 is 18.0 Å². The fourth-order valence-electron chi connectivity index (χ4n) is 3.21. The van der Waals surface area contributed by atoms with Gasteiger partial charge in [-0.2, -0.15) is 17.9 Å². The van der Waals surface area contributed by atoms with E-state index in [1.165, 1.54) is 16.8 Å². The lowest BCUT2D eigenvalue weighted by molar-refractivity contribution is -0.137. The number of nitrogens with zero attached hydrogens (tertiary/aromatic N) is 6. The SMILES string of the molecule is O=C(C1CC1)N1CCN(Cc2nnnn2-c2ccc(C(F)(F)F)cc2)CC1. The molecule has 144 valence electrons. The number of benzene rings is 1. The molecule has 1 amide bonds.